The largest absolute Gasteiger partial charge is 0.356 e. The third-order valence-corrected chi connectivity index (χ3v) is 25.6. The van der Waals surface area contributed by atoms with Gasteiger partial charge in [-0.1, -0.05) is 342 Å². The summed E-state index contributed by atoms with van der Waals surface area (Å²) >= 11 is 6.59. The van der Waals surface area contributed by atoms with E-state index in [1.807, 2.05) is 42.5 Å². The third-order valence-electron chi connectivity index (χ3n) is 25.4. The molecule has 1 N–H and O–H groups in total. The summed E-state index contributed by atoms with van der Waals surface area (Å²) in [7, 11) is 0. The Morgan fingerprint density at radius 2 is 0.539 bits per heavy atom. The molecule has 0 aliphatic heterocycles. The van der Waals surface area contributed by atoms with Gasteiger partial charge in [-0.3, -0.25) is 0 Å². The summed E-state index contributed by atoms with van der Waals surface area (Å²) in [6.45, 7) is 9.10. The zero-order chi connectivity index (χ0) is 85.6. The van der Waals surface area contributed by atoms with Crippen LogP contribution in [-0.4, -0.2) is 0 Å². The van der Waals surface area contributed by atoms with Gasteiger partial charge >= 0.3 is 0 Å². The predicted octanol–water partition coefficient (Wildman–Crippen LogP) is 29.9. The van der Waals surface area contributed by atoms with Crippen LogP contribution in [0.25, 0.3) is 111 Å². The Hall–Kier alpha value is -13.6. The van der Waals surface area contributed by atoms with Gasteiger partial charge in [-0.15, -0.1) is 0 Å². The van der Waals surface area contributed by atoms with Crippen LogP contribution < -0.4 is 10.2 Å². The van der Waals surface area contributed by atoms with E-state index in [-0.39, 0.29) is 81.8 Å². The maximum atomic E-state index is 8.72. The van der Waals surface area contributed by atoms with E-state index < -0.39 is 11.5 Å². The maximum absolute atomic E-state index is 8.72. The average molecular weight is 1500 g/mol. The van der Waals surface area contributed by atoms with E-state index in [0.29, 0.717) is 11.1 Å². The fourth-order valence-electron chi connectivity index (χ4n) is 20.3. The summed E-state index contributed by atoms with van der Waals surface area (Å²) in [6, 6.07) is 118. The van der Waals surface area contributed by atoms with Crippen molar-refractivity contribution in [3.05, 3.63) is 472 Å². The molecule has 115 heavy (non-hydrogen) atoms. The molecule has 18 aromatic rings. The lowest BCUT2D eigenvalue weighted by Crippen LogP contribution is -2.26. The second-order valence-corrected chi connectivity index (χ2v) is 32.4. The molecule has 0 fully saturated rings. The molecular formula is C112H79ClN2. The molecule has 0 bridgehead atoms. The highest BCUT2D eigenvalue weighted by atomic mass is 35.5. The summed E-state index contributed by atoms with van der Waals surface area (Å²) < 4.78 is 82.2. The molecule has 18 aromatic carbocycles. The lowest BCUT2D eigenvalue weighted by molar-refractivity contribution is 0.660. The number of hydrogen-bond donors (Lipinski definition) is 1. The summed E-state index contributed by atoms with van der Waals surface area (Å²) in [4.78, 5) is 2.31. The van der Waals surface area contributed by atoms with Gasteiger partial charge in [-0.25, -0.2) is 0 Å². The number of nitrogens with one attached hydrogen (secondary N) is 1. The molecule has 544 valence electrons. The van der Waals surface area contributed by atoms with Gasteiger partial charge in [0.05, 0.1) is 24.5 Å². The number of halogens is 1. The number of fused-ring (bicyclic) bond motifs is 28. The molecule has 0 amide bonds. The van der Waals surface area contributed by atoms with Crippen molar-refractivity contribution in [3.8, 4) is 89.0 Å². The van der Waals surface area contributed by atoms with Crippen molar-refractivity contribution in [2.75, 3.05) is 10.2 Å². The molecule has 0 atom stereocenters. The van der Waals surface area contributed by atoms with Crippen molar-refractivity contribution in [2.45, 2.75) is 49.4 Å². The van der Waals surface area contributed by atoms with Gasteiger partial charge in [-0.2, -0.15) is 0 Å². The SMILES string of the molecule is Clc1ccc2c(c1)C1(c3ccccc3-c3ccccc31)c1cc3ccccc3cc1-2.[2H]c1c([2H])c([2H])c(-c2ccc(N(c3ccc4c(c3)C(C)(C)c3ccccc3-4)c3ccc4c(c3)C3(c5ccccc5-c5ccccc53)c3cc5ccccc5cc3-4)cc2)c([2H])c1[2H].[2H]c1c([2H])c([2H])c(-c2ccc(Nc3ccc4c(c3)C(C)(C)c3ccccc3-4)cc2)c([2H])c1[2H]. The normalized spacial score (nSPS) is 15.5. The molecule has 0 saturated heterocycles. The highest BCUT2D eigenvalue weighted by Crippen LogP contribution is 2.66. The molecule has 24 rings (SSSR count). The molecule has 0 radical (unpaired) electrons. The number of benzene rings is 18. The molecule has 6 aliphatic carbocycles. The molecule has 0 aromatic heterocycles. The molecule has 2 spiro atoms. The van der Waals surface area contributed by atoms with E-state index in [1.165, 1.54) is 155 Å². The number of hydrogen-bond acceptors (Lipinski definition) is 2. The fourth-order valence-corrected chi connectivity index (χ4v) is 20.4. The summed E-state index contributed by atoms with van der Waals surface area (Å²) in [6.07, 6.45) is 0. The van der Waals surface area contributed by atoms with Gasteiger partial charge < -0.3 is 10.2 Å². The third kappa shape index (κ3) is 10.3. The minimum absolute atomic E-state index is 0.0749. The summed E-state index contributed by atoms with van der Waals surface area (Å²) in [5, 5.41) is 9.19. The topological polar surface area (TPSA) is 15.3 Å². The van der Waals surface area contributed by atoms with Crippen molar-refractivity contribution in [2.24, 2.45) is 0 Å². The molecule has 0 unspecified atom stereocenters. The maximum Gasteiger partial charge on any atom is 0.0726 e. The number of rotatable bonds is 7. The number of nitrogens with zero attached hydrogens (tertiary/aromatic N) is 1. The zero-order valence-electron chi connectivity index (χ0n) is 73.7. The van der Waals surface area contributed by atoms with E-state index in [9.17, 15) is 0 Å². The average Bonchev–Trinajstić information content (AvgIpc) is 1.51. The van der Waals surface area contributed by atoms with Gasteiger partial charge in [0.25, 0.3) is 0 Å². The van der Waals surface area contributed by atoms with Crippen molar-refractivity contribution in [3.63, 3.8) is 0 Å². The Labute approximate surface area is 691 Å². The van der Waals surface area contributed by atoms with Crippen LogP contribution in [0, 0.1) is 0 Å². The van der Waals surface area contributed by atoms with E-state index in [2.05, 4.69) is 323 Å². The first-order valence-electron chi connectivity index (χ1n) is 44.4. The molecule has 0 saturated carbocycles. The monoisotopic (exact) mass is 1500 g/mol. The second kappa shape index (κ2) is 26.2. The Kier molecular flexibility index (Phi) is 13.3. The Morgan fingerprint density at radius 3 is 0.983 bits per heavy atom. The van der Waals surface area contributed by atoms with Crippen LogP contribution in [0.4, 0.5) is 28.4 Å². The minimum Gasteiger partial charge on any atom is -0.356 e. The van der Waals surface area contributed by atoms with Crippen molar-refractivity contribution in [1.29, 1.82) is 0 Å². The summed E-state index contributed by atoms with van der Waals surface area (Å²) in [5.74, 6) is 0. The van der Waals surface area contributed by atoms with Gasteiger partial charge in [0.15, 0.2) is 0 Å². The molecule has 0 heterocycles. The van der Waals surface area contributed by atoms with Crippen LogP contribution in [0.5, 0.6) is 0 Å². The van der Waals surface area contributed by atoms with E-state index in [0.717, 1.165) is 33.5 Å². The Morgan fingerprint density at radius 1 is 0.235 bits per heavy atom. The van der Waals surface area contributed by atoms with Crippen LogP contribution in [0.15, 0.2) is 400 Å². The van der Waals surface area contributed by atoms with Gasteiger partial charge in [0.1, 0.15) is 0 Å². The summed E-state index contributed by atoms with van der Waals surface area (Å²) in [5.41, 5.74) is 35.9. The van der Waals surface area contributed by atoms with Crippen LogP contribution in [0.3, 0.4) is 0 Å². The first-order chi connectivity index (χ1) is 60.6. The molecule has 6 aliphatic rings. The smallest absolute Gasteiger partial charge is 0.0726 e. The Balaban J connectivity index is 0.000000123. The predicted molar refractivity (Wildman–Crippen MR) is 482 cm³/mol. The Bertz CT molecular complexity index is 7530. The van der Waals surface area contributed by atoms with E-state index in [1.54, 1.807) is 12.1 Å². The highest BCUT2D eigenvalue weighted by molar-refractivity contribution is 6.31. The van der Waals surface area contributed by atoms with Gasteiger partial charge in [0, 0.05) is 44.3 Å². The van der Waals surface area contributed by atoms with Crippen molar-refractivity contribution >= 4 is 61.6 Å². The van der Waals surface area contributed by atoms with Crippen molar-refractivity contribution in [1.82, 2.24) is 0 Å². The van der Waals surface area contributed by atoms with Crippen molar-refractivity contribution < 1.29 is 13.7 Å². The van der Waals surface area contributed by atoms with E-state index >= 15 is 0 Å². The second-order valence-electron chi connectivity index (χ2n) is 32.0. The first-order valence-corrected chi connectivity index (χ1v) is 39.8. The van der Waals surface area contributed by atoms with Gasteiger partial charge in [0.2, 0.25) is 0 Å². The number of anilines is 5. The van der Waals surface area contributed by atoms with Crippen LogP contribution in [0.1, 0.15) is 108 Å². The van der Waals surface area contributed by atoms with E-state index in [4.69, 9.17) is 25.3 Å². The lowest BCUT2D eigenvalue weighted by Gasteiger charge is -2.32. The van der Waals surface area contributed by atoms with Crippen LogP contribution >= 0.6 is 11.6 Å². The van der Waals surface area contributed by atoms with Crippen LogP contribution in [0.2, 0.25) is 5.02 Å². The van der Waals surface area contributed by atoms with Crippen LogP contribution in [-0.2, 0) is 21.7 Å². The molecule has 3 heteroatoms. The standard InChI is InChI=1S/C56H39N.C29H17Cl.C27H23N/c1-55(2)49-21-11-8-18-43(49)46-30-28-41(34-52(46)55)57(40-26-24-37(25-27-40)36-14-4-3-5-15-36)42-29-31-47-48-32-38-16-6-7-17-39(38)33-53(48)56(54(47)35-42)50-22-12-9-19-44(50)45-20-10-13-23-51(45)56;30-20-13-14-23-24-15-18-7-1-2-8-19(18)16-27(24)29(28(23)17-20)25-11-5-3-9-21(25)22-10-4-6-12-26(22)29;1-27(2)25-11-7-6-10-23(25)24-17-16-22(18-26(24)27)28-21-14-12-20(13-15-21)19-8-4-3-5-9-19/h3-35H,1-2H3;1-17H;3-18,28H,1-2H3/i3D,4D,5D,14D,15D;;3D,4D,5D,8D,9D. The fraction of sp³-hybridized carbons (Fsp3) is 0.0714. The van der Waals surface area contributed by atoms with Gasteiger partial charge in [-0.05, 0) is 274 Å². The zero-order valence-corrected chi connectivity index (χ0v) is 64.4. The highest BCUT2D eigenvalue weighted by Gasteiger charge is 2.54. The molecule has 2 nitrogen and oxygen atoms in total. The first kappa shape index (κ1) is 58.3. The quantitative estimate of drug-likeness (QED) is 0.171. The minimum atomic E-state index is -0.560. The molecular weight excluding hydrogens is 1410 g/mol. The lowest BCUT2D eigenvalue weighted by atomic mass is 9.70.